The van der Waals surface area contributed by atoms with Crippen LogP contribution in [0, 0.1) is 0 Å². The van der Waals surface area contributed by atoms with Crippen LogP contribution in [0.25, 0.3) is 0 Å². The van der Waals surface area contributed by atoms with Gasteiger partial charge >= 0.3 is 0 Å². The first-order valence-electron chi connectivity index (χ1n) is 7.04. The Balaban J connectivity index is 1.91. The molecule has 1 atom stereocenters. The summed E-state index contributed by atoms with van der Waals surface area (Å²) in [5.41, 5.74) is 0.694. The second-order valence-electron chi connectivity index (χ2n) is 4.66. The maximum Gasteiger partial charge on any atom is 0.265 e. The number of benzene rings is 2. The average Bonchev–Trinajstić information content (AvgIpc) is 2.51. The Morgan fingerprint density at radius 3 is 2.27 bits per heavy atom. The van der Waals surface area contributed by atoms with Crippen molar-refractivity contribution >= 4 is 23.2 Å². The van der Waals surface area contributed by atoms with Crippen LogP contribution in [0.3, 0.4) is 0 Å². The molecule has 1 amide bonds. The zero-order chi connectivity index (χ0) is 15.9. The van der Waals surface area contributed by atoms with Gasteiger partial charge < -0.3 is 14.8 Å². The first-order chi connectivity index (χ1) is 10.6. The molecule has 22 heavy (non-hydrogen) atoms. The zero-order valence-electron chi connectivity index (χ0n) is 12.5. The molecule has 0 spiro atoms. The highest BCUT2D eigenvalue weighted by atomic mass is 35.5. The average molecular weight is 320 g/mol. The van der Waals surface area contributed by atoms with E-state index >= 15 is 0 Å². The van der Waals surface area contributed by atoms with Gasteiger partial charge in [-0.05, 0) is 62.4 Å². The minimum Gasteiger partial charge on any atom is -0.494 e. The fraction of sp³-hybridized carbons (Fsp3) is 0.235. The Hall–Kier alpha value is -2.20. The van der Waals surface area contributed by atoms with Crippen molar-refractivity contribution in [2.75, 3.05) is 11.9 Å². The van der Waals surface area contributed by atoms with Crippen molar-refractivity contribution in [2.45, 2.75) is 20.0 Å². The summed E-state index contributed by atoms with van der Waals surface area (Å²) >= 11 is 5.81. The van der Waals surface area contributed by atoms with Crippen molar-refractivity contribution < 1.29 is 14.3 Å². The van der Waals surface area contributed by atoms with E-state index in [1.807, 2.05) is 19.1 Å². The van der Waals surface area contributed by atoms with Gasteiger partial charge in [0.05, 0.1) is 6.61 Å². The highest BCUT2D eigenvalue weighted by Gasteiger charge is 2.14. The van der Waals surface area contributed by atoms with E-state index in [-0.39, 0.29) is 5.91 Å². The summed E-state index contributed by atoms with van der Waals surface area (Å²) < 4.78 is 10.9. The molecule has 1 N–H and O–H groups in total. The van der Waals surface area contributed by atoms with Crippen LogP contribution in [0.15, 0.2) is 48.5 Å². The maximum absolute atomic E-state index is 12.1. The normalized spacial score (nSPS) is 11.6. The number of rotatable bonds is 6. The molecule has 116 valence electrons. The molecule has 0 aliphatic heterocycles. The lowest BCUT2D eigenvalue weighted by molar-refractivity contribution is -0.122. The van der Waals surface area contributed by atoms with Gasteiger partial charge in [0, 0.05) is 10.7 Å². The van der Waals surface area contributed by atoms with E-state index in [0.717, 1.165) is 5.75 Å². The van der Waals surface area contributed by atoms with Crippen LogP contribution in [-0.2, 0) is 4.79 Å². The number of halogens is 1. The van der Waals surface area contributed by atoms with Gasteiger partial charge in [0.2, 0.25) is 0 Å². The standard InChI is InChI=1S/C17H18ClNO3/c1-3-21-15-10-6-14(7-11-15)19-17(20)12(2)22-16-8-4-13(18)5-9-16/h4-12H,3H2,1-2H3,(H,19,20). The van der Waals surface area contributed by atoms with Crippen molar-refractivity contribution in [3.05, 3.63) is 53.6 Å². The van der Waals surface area contributed by atoms with Gasteiger partial charge in [-0.1, -0.05) is 11.6 Å². The molecule has 0 fully saturated rings. The van der Waals surface area contributed by atoms with E-state index < -0.39 is 6.10 Å². The fourth-order valence-corrected chi connectivity index (χ4v) is 1.94. The quantitative estimate of drug-likeness (QED) is 0.870. The molecule has 5 heteroatoms. The summed E-state index contributed by atoms with van der Waals surface area (Å²) in [4.78, 5) is 12.1. The van der Waals surface area contributed by atoms with E-state index in [0.29, 0.717) is 23.1 Å². The minimum absolute atomic E-state index is 0.223. The van der Waals surface area contributed by atoms with Crippen molar-refractivity contribution in [1.82, 2.24) is 0 Å². The third kappa shape index (κ3) is 4.67. The molecule has 0 aliphatic carbocycles. The number of ether oxygens (including phenoxy) is 2. The van der Waals surface area contributed by atoms with E-state index in [1.54, 1.807) is 43.3 Å². The van der Waals surface area contributed by atoms with Crippen molar-refractivity contribution in [3.8, 4) is 11.5 Å². The number of carbonyl (C=O) groups excluding carboxylic acids is 1. The van der Waals surface area contributed by atoms with Gasteiger partial charge in [-0.2, -0.15) is 0 Å². The predicted molar refractivity (Wildman–Crippen MR) is 87.8 cm³/mol. The molecule has 0 heterocycles. The molecule has 0 bridgehead atoms. The minimum atomic E-state index is -0.618. The van der Waals surface area contributed by atoms with Gasteiger partial charge in [-0.3, -0.25) is 4.79 Å². The van der Waals surface area contributed by atoms with Crippen LogP contribution in [0.4, 0.5) is 5.69 Å². The zero-order valence-corrected chi connectivity index (χ0v) is 13.3. The molecule has 2 rings (SSSR count). The third-order valence-electron chi connectivity index (χ3n) is 2.93. The lowest BCUT2D eigenvalue weighted by atomic mass is 10.2. The number of hydrogen-bond donors (Lipinski definition) is 1. The molecule has 0 aromatic heterocycles. The molecule has 0 radical (unpaired) electrons. The Labute approximate surface area is 135 Å². The van der Waals surface area contributed by atoms with Gasteiger partial charge in [-0.15, -0.1) is 0 Å². The van der Waals surface area contributed by atoms with Crippen molar-refractivity contribution in [3.63, 3.8) is 0 Å². The lowest BCUT2D eigenvalue weighted by Gasteiger charge is -2.15. The van der Waals surface area contributed by atoms with Gasteiger partial charge in [-0.25, -0.2) is 0 Å². The molecule has 0 saturated carbocycles. The number of anilines is 1. The summed E-state index contributed by atoms with van der Waals surface area (Å²) in [6, 6.07) is 14.1. The summed E-state index contributed by atoms with van der Waals surface area (Å²) in [5, 5.41) is 3.42. The number of amides is 1. The van der Waals surface area contributed by atoms with E-state index in [9.17, 15) is 4.79 Å². The van der Waals surface area contributed by atoms with Gasteiger partial charge in [0.15, 0.2) is 6.10 Å². The molecule has 0 saturated heterocycles. The molecule has 1 unspecified atom stereocenters. The molecule has 4 nitrogen and oxygen atoms in total. The van der Waals surface area contributed by atoms with Crippen LogP contribution in [0.5, 0.6) is 11.5 Å². The Morgan fingerprint density at radius 2 is 1.68 bits per heavy atom. The first kappa shape index (κ1) is 16.2. The van der Waals surface area contributed by atoms with Crippen LogP contribution in [-0.4, -0.2) is 18.6 Å². The monoisotopic (exact) mass is 319 g/mol. The van der Waals surface area contributed by atoms with E-state index in [1.165, 1.54) is 0 Å². The summed E-state index contributed by atoms with van der Waals surface area (Å²) in [6.07, 6.45) is -0.618. The third-order valence-corrected chi connectivity index (χ3v) is 3.18. The summed E-state index contributed by atoms with van der Waals surface area (Å²) in [7, 11) is 0. The van der Waals surface area contributed by atoms with Crippen molar-refractivity contribution in [1.29, 1.82) is 0 Å². The Bertz CT molecular complexity index is 611. The van der Waals surface area contributed by atoms with E-state index in [4.69, 9.17) is 21.1 Å². The molecule has 0 aliphatic rings. The molecular weight excluding hydrogens is 302 g/mol. The number of nitrogens with one attached hydrogen (secondary N) is 1. The second-order valence-corrected chi connectivity index (χ2v) is 5.10. The molecule has 2 aromatic rings. The Morgan fingerprint density at radius 1 is 1.09 bits per heavy atom. The molecular formula is C17H18ClNO3. The molecule has 2 aromatic carbocycles. The van der Waals surface area contributed by atoms with Crippen LogP contribution in [0.1, 0.15) is 13.8 Å². The van der Waals surface area contributed by atoms with Crippen LogP contribution in [0.2, 0.25) is 5.02 Å². The van der Waals surface area contributed by atoms with E-state index in [2.05, 4.69) is 5.32 Å². The SMILES string of the molecule is CCOc1ccc(NC(=O)C(C)Oc2ccc(Cl)cc2)cc1. The topological polar surface area (TPSA) is 47.6 Å². The predicted octanol–water partition coefficient (Wildman–Crippen LogP) is 4.14. The van der Waals surface area contributed by atoms with Crippen LogP contribution < -0.4 is 14.8 Å². The second kappa shape index (κ2) is 7.71. The van der Waals surface area contributed by atoms with Gasteiger partial charge in [0.1, 0.15) is 11.5 Å². The highest BCUT2D eigenvalue weighted by Crippen LogP contribution is 2.18. The summed E-state index contributed by atoms with van der Waals surface area (Å²) in [6.45, 7) is 4.22. The smallest absolute Gasteiger partial charge is 0.265 e. The van der Waals surface area contributed by atoms with Crippen LogP contribution >= 0.6 is 11.6 Å². The number of hydrogen-bond acceptors (Lipinski definition) is 3. The highest BCUT2D eigenvalue weighted by molar-refractivity contribution is 6.30. The largest absolute Gasteiger partial charge is 0.494 e. The van der Waals surface area contributed by atoms with Crippen molar-refractivity contribution in [2.24, 2.45) is 0 Å². The summed E-state index contributed by atoms with van der Waals surface area (Å²) in [5.74, 6) is 1.14. The fourth-order valence-electron chi connectivity index (χ4n) is 1.82. The van der Waals surface area contributed by atoms with Gasteiger partial charge in [0.25, 0.3) is 5.91 Å². The lowest BCUT2D eigenvalue weighted by Crippen LogP contribution is -2.30. The maximum atomic E-state index is 12.1. The Kier molecular flexibility index (Phi) is 5.67. The first-order valence-corrected chi connectivity index (χ1v) is 7.42. The number of carbonyl (C=O) groups is 1.